The Morgan fingerprint density at radius 1 is 1.00 bits per heavy atom. The fourth-order valence-corrected chi connectivity index (χ4v) is 2.43. The van der Waals surface area contributed by atoms with Crippen molar-refractivity contribution in [2.45, 2.75) is 6.54 Å². The van der Waals surface area contributed by atoms with Gasteiger partial charge < -0.3 is 15.4 Å². The molecule has 0 saturated carbocycles. The second-order valence-corrected chi connectivity index (χ2v) is 5.68. The molecule has 3 aromatic rings. The maximum absolute atomic E-state index is 12.3. The lowest BCUT2D eigenvalue weighted by Crippen LogP contribution is -2.30. The van der Waals surface area contributed by atoms with E-state index in [4.69, 9.17) is 4.74 Å². The molecule has 0 unspecified atom stereocenters. The first kappa shape index (κ1) is 18.2. The average Bonchev–Trinajstić information content (AvgIpc) is 2.66. The van der Waals surface area contributed by atoms with E-state index in [0.717, 1.165) is 4.68 Å². The van der Waals surface area contributed by atoms with E-state index < -0.39 is 5.91 Å². The van der Waals surface area contributed by atoms with Crippen LogP contribution < -0.4 is 16.2 Å². The van der Waals surface area contributed by atoms with Crippen LogP contribution in [0, 0.1) is 0 Å². The molecule has 2 amide bonds. The van der Waals surface area contributed by atoms with Gasteiger partial charge in [0, 0.05) is 18.5 Å². The smallest absolute Gasteiger partial charge is 0.278 e. The van der Waals surface area contributed by atoms with Crippen molar-refractivity contribution >= 4 is 34.1 Å². The van der Waals surface area contributed by atoms with E-state index in [0.29, 0.717) is 22.3 Å². The quantitative estimate of drug-likeness (QED) is 0.672. The van der Waals surface area contributed by atoms with Crippen molar-refractivity contribution in [1.82, 2.24) is 15.0 Å². The van der Waals surface area contributed by atoms with Gasteiger partial charge in [0.05, 0.1) is 5.39 Å². The van der Waals surface area contributed by atoms with E-state index in [9.17, 15) is 14.4 Å². The van der Waals surface area contributed by atoms with Crippen molar-refractivity contribution in [2.24, 2.45) is 0 Å². The van der Waals surface area contributed by atoms with Gasteiger partial charge in [0.2, 0.25) is 11.8 Å². The molecule has 2 N–H and O–H groups in total. The number of nitrogens with one attached hydrogen (secondary N) is 2. The summed E-state index contributed by atoms with van der Waals surface area (Å²) in [7, 11) is 1.43. The van der Waals surface area contributed by atoms with Crippen molar-refractivity contribution in [1.29, 1.82) is 0 Å². The molecule has 2 aromatic carbocycles. The van der Waals surface area contributed by atoms with Gasteiger partial charge in [-0.05, 0) is 36.4 Å². The largest absolute Gasteiger partial charge is 0.375 e. The molecule has 3 rings (SSSR count). The van der Waals surface area contributed by atoms with Gasteiger partial charge in [-0.25, -0.2) is 4.68 Å². The Labute approximate surface area is 153 Å². The van der Waals surface area contributed by atoms with Crippen LogP contribution >= 0.6 is 0 Å². The number of nitrogens with zero attached hydrogens (tertiary/aromatic N) is 3. The van der Waals surface area contributed by atoms with Crippen LogP contribution in [0.4, 0.5) is 11.4 Å². The summed E-state index contributed by atoms with van der Waals surface area (Å²) in [5.74, 6) is -0.693. The van der Waals surface area contributed by atoms with Gasteiger partial charge in [-0.2, -0.15) is 0 Å². The summed E-state index contributed by atoms with van der Waals surface area (Å²) in [5.41, 5.74) is 1.19. The highest BCUT2D eigenvalue weighted by molar-refractivity contribution is 5.93. The second-order valence-electron chi connectivity index (χ2n) is 5.68. The lowest BCUT2D eigenvalue weighted by Gasteiger charge is -2.08. The van der Waals surface area contributed by atoms with E-state index in [1.54, 1.807) is 48.5 Å². The Bertz CT molecular complexity index is 1030. The molecule has 0 aliphatic carbocycles. The number of hydrogen-bond donors (Lipinski definition) is 2. The maximum Gasteiger partial charge on any atom is 0.278 e. The highest BCUT2D eigenvalue weighted by Crippen LogP contribution is 2.13. The molecule has 0 spiro atoms. The topological polar surface area (TPSA) is 115 Å². The number of rotatable bonds is 6. The fraction of sp³-hybridized carbons (Fsp3) is 0.167. The van der Waals surface area contributed by atoms with Gasteiger partial charge in [-0.1, -0.05) is 17.3 Å². The van der Waals surface area contributed by atoms with Gasteiger partial charge in [0.15, 0.2) is 0 Å². The molecular formula is C18H17N5O4. The molecule has 138 valence electrons. The van der Waals surface area contributed by atoms with Gasteiger partial charge in [-0.15, -0.1) is 5.10 Å². The molecule has 9 heteroatoms. The molecule has 27 heavy (non-hydrogen) atoms. The van der Waals surface area contributed by atoms with E-state index in [2.05, 4.69) is 20.9 Å². The van der Waals surface area contributed by atoms with E-state index in [1.165, 1.54) is 7.11 Å². The number of benzene rings is 2. The van der Waals surface area contributed by atoms with Crippen LogP contribution in [0.2, 0.25) is 0 Å². The minimum absolute atomic E-state index is 0.0416. The van der Waals surface area contributed by atoms with Crippen LogP contribution in [0.15, 0.2) is 53.3 Å². The van der Waals surface area contributed by atoms with Crippen molar-refractivity contribution in [2.75, 3.05) is 24.4 Å². The van der Waals surface area contributed by atoms with E-state index in [1.807, 2.05) is 0 Å². The Hall–Kier alpha value is -3.59. The number of aromatic nitrogens is 3. The molecule has 9 nitrogen and oxygen atoms in total. The molecular weight excluding hydrogens is 350 g/mol. The van der Waals surface area contributed by atoms with Crippen LogP contribution in [-0.4, -0.2) is 40.5 Å². The van der Waals surface area contributed by atoms with Crippen molar-refractivity contribution < 1.29 is 14.3 Å². The number of carbonyl (C=O) groups excluding carboxylic acids is 2. The molecule has 0 fully saturated rings. The number of fused-ring (bicyclic) bond motifs is 1. The zero-order valence-corrected chi connectivity index (χ0v) is 14.5. The zero-order valence-electron chi connectivity index (χ0n) is 14.5. The predicted molar refractivity (Wildman–Crippen MR) is 99.4 cm³/mol. The van der Waals surface area contributed by atoms with Gasteiger partial charge in [0.25, 0.3) is 5.56 Å². The maximum atomic E-state index is 12.3. The zero-order chi connectivity index (χ0) is 19.2. The fourth-order valence-electron chi connectivity index (χ4n) is 2.43. The normalized spacial score (nSPS) is 10.6. The summed E-state index contributed by atoms with van der Waals surface area (Å²) in [6, 6.07) is 13.4. The summed E-state index contributed by atoms with van der Waals surface area (Å²) in [6.07, 6.45) is 0. The van der Waals surface area contributed by atoms with E-state index >= 15 is 0 Å². The lowest BCUT2D eigenvalue weighted by molar-refractivity contribution is -0.119. The number of carbonyl (C=O) groups is 2. The third-order valence-electron chi connectivity index (χ3n) is 3.65. The summed E-state index contributed by atoms with van der Waals surface area (Å²) in [4.78, 5) is 36.0. The number of hydrogen-bond acceptors (Lipinski definition) is 6. The molecule has 0 aliphatic heterocycles. The standard InChI is InChI=1S/C18H17N5O4/c1-27-11-17(25)20-13-8-6-12(7-9-13)19-16(24)10-23-18(26)14-4-2-3-5-15(14)21-22-23/h2-9H,10-11H2,1H3,(H,19,24)(H,20,25). The Kier molecular flexibility index (Phi) is 5.53. The van der Waals surface area contributed by atoms with Crippen molar-refractivity contribution in [3.8, 4) is 0 Å². The first-order chi connectivity index (χ1) is 13.1. The van der Waals surface area contributed by atoms with Crippen LogP contribution in [0.5, 0.6) is 0 Å². The molecule has 0 atom stereocenters. The Morgan fingerprint density at radius 3 is 2.30 bits per heavy atom. The lowest BCUT2D eigenvalue weighted by atomic mass is 10.2. The minimum atomic E-state index is -0.419. The van der Waals surface area contributed by atoms with Gasteiger partial charge >= 0.3 is 0 Å². The van der Waals surface area contributed by atoms with Crippen LogP contribution in [0.25, 0.3) is 10.9 Å². The average molecular weight is 367 g/mol. The molecule has 0 radical (unpaired) electrons. The third-order valence-corrected chi connectivity index (χ3v) is 3.65. The van der Waals surface area contributed by atoms with Crippen molar-refractivity contribution in [3.05, 3.63) is 58.9 Å². The first-order valence-electron chi connectivity index (χ1n) is 8.08. The molecule has 0 saturated heterocycles. The van der Waals surface area contributed by atoms with Crippen LogP contribution in [0.3, 0.4) is 0 Å². The van der Waals surface area contributed by atoms with Gasteiger partial charge in [-0.3, -0.25) is 14.4 Å². The van der Waals surface area contributed by atoms with Crippen molar-refractivity contribution in [3.63, 3.8) is 0 Å². The van der Waals surface area contributed by atoms with Gasteiger partial charge in [0.1, 0.15) is 18.7 Å². The highest BCUT2D eigenvalue weighted by atomic mass is 16.5. The monoisotopic (exact) mass is 367 g/mol. The first-order valence-corrected chi connectivity index (χ1v) is 8.08. The highest BCUT2D eigenvalue weighted by Gasteiger charge is 2.10. The molecule has 1 heterocycles. The number of ether oxygens (including phenoxy) is 1. The molecule has 0 bridgehead atoms. The van der Waals surface area contributed by atoms with E-state index in [-0.39, 0.29) is 24.6 Å². The number of anilines is 2. The minimum Gasteiger partial charge on any atom is -0.375 e. The number of methoxy groups -OCH3 is 1. The Morgan fingerprint density at radius 2 is 1.63 bits per heavy atom. The summed E-state index contributed by atoms with van der Waals surface area (Å²) in [6.45, 7) is -0.303. The SMILES string of the molecule is COCC(=O)Nc1ccc(NC(=O)Cn2nnc3ccccc3c2=O)cc1. The number of amides is 2. The van der Waals surface area contributed by atoms with Crippen LogP contribution in [-0.2, 0) is 20.9 Å². The Balaban J connectivity index is 1.65. The second kappa shape index (κ2) is 8.19. The third kappa shape index (κ3) is 4.53. The summed E-state index contributed by atoms with van der Waals surface area (Å²) >= 11 is 0. The van der Waals surface area contributed by atoms with Crippen LogP contribution in [0.1, 0.15) is 0 Å². The summed E-state index contributed by atoms with van der Waals surface area (Å²) in [5, 5.41) is 13.4. The summed E-state index contributed by atoms with van der Waals surface area (Å²) < 4.78 is 5.75. The molecule has 1 aromatic heterocycles. The molecule has 0 aliphatic rings. The predicted octanol–water partition coefficient (Wildman–Crippen LogP) is 1.02.